The molecule has 0 aromatic heterocycles. The highest BCUT2D eigenvalue weighted by molar-refractivity contribution is 14.0. The maximum absolute atomic E-state index is 11.8. The first-order valence-electron chi connectivity index (χ1n) is 8.77. The number of carbonyl (C=O) groups is 2. The maximum Gasteiger partial charge on any atom is 0.409 e. The van der Waals surface area contributed by atoms with Gasteiger partial charge in [-0.1, -0.05) is 12.1 Å². The third-order valence-corrected chi connectivity index (χ3v) is 4.18. The quantitative estimate of drug-likeness (QED) is 0.381. The number of guanidine groups is 1. The molecule has 1 aliphatic rings. The summed E-state index contributed by atoms with van der Waals surface area (Å²) in [6, 6.07) is 7.47. The van der Waals surface area contributed by atoms with Crippen LogP contribution in [0.5, 0.6) is 0 Å². The van der Waals surface area contributed by atoms with Crippen molar-refractivity contribution in [1.29, 1.82) is 0 Å². The van der Waals surface area contributed by atoms with Gasteiger partial charge in [-0.05, 0) is 24.6 Å². The second-order valence-corrected chi connectivity index (χ2v) is 5.85. The van der Waals surface area contributed by atoms with Gasteiger partial charge >= 0.3 is 6.09 Å². The minimum atomic E-state index is -0.263. The fourth-order valence-corrected chi connectivity index (χ4v) is 2.80. The summed E-state index contributed by atoms with van der Waals surface area (Å²) in [4.78, 5) is 31.6. The van der Waals surface area contributed by atoms with Crippen molar-refractivity contribution in [2.45, 2.75) is 13.5 Å². The Labute approximate surface area is 177 Å². The molecule has 27 heavy (non-hydrogen) atoms. The van der Waals surface area contributed by atoms with Crippen LogP contribution in [-0.4, -0.2) is 74.6 Å². The molecule has 0 aliphatic carbocycles. The molecule has 1 aliphatic heterocycles. The van der Waals surface area contributed by atoms with Gasteiger partial charge in [0.05, 0.1) is 6.61 Å². The van der Waals surface area contributed by atoms with E-state index in [1.807, 2.05) is 18.2 Å². The van der Waals surface area contributed by atoms with Crippen molar-refractivity contribution in [2.75, 3.05) is 46.9 Å². The molecule has 0 spiro atoms. The minimum absolute atomic E-state index is 0. The number of rotatable bonds is 4. The van der Waals surface area contributed by atoms with Crippen molar-refractivity contribution in [3.05, 3.63) is 35.4 Å². The van der Waals surface area contributed by atoms with Gasteiger partial charge in [0, 0.05) is 52.4 Å². The predicted octanol–water partition coefficient (Wildman–Crippen LogP) is 1.51. The fraction of sp³-hybridized carbons (Fsp3) is 0.500. The summed E-state index contributed by atoms with van der Waals surface area (Å²) < 4.78 is 5.04. The zero-order chi connectivity index (χ0) is 18.9. The predicted molar refractivity (Wildman–Crippen MR) is 116 cm³/mol. The maximum atomic E-state index is 11.8. The highest BCUT2D eigenvalue weighted by Gasteiger charge is 2.23. The molecule has 2 amide bonds. The smallest absolute Gasteiger partial charge is 0.409 e. The van der Waals surface area contributed by atoms with E-state index in [0.29, 0.717) is 44.9 Å². The normalized spacial score (nSPS) is 14.3. The number of halogens is 1. The van der Waals surface area contributed by atoms with Gasteiger partial charge < -0.3 is 25.2 Å². The van der Waals surface area contributed by atoms with Crippen LogP contribution in [-0.2, 0) is 11.3 Å². The Morgan fingerprint density at radius 3 is 2.44 bits per heavy atom. The van der Waals surface area contributed by atoms with E-state index in [0.717, 1.165) is 11.5 Å². The Hall–Kier alpha value is -2.04. The van der Waals surface area contributed by atoms with Gasteiger partial charge in [0.15, 0.2) is 5.96 Å². The number of nitrogens with one attached hydrogen (secondary N) is 2. The number of hydrogen-bond donors (Lipinski definition) is 2. The van der Waals surface area contributed by atoms with Gasteiger partial charge in [-0.15, -0.1) is 24.0 Å². The lowest BCUT2D eigenvalue weighted by atomic mass is 10.1. The molecule has 1 saturated heterocycles. The zero-order valence-corrected chi connectivity index (χ0v) is 18.4. The van der Waals surface area contributed by atoms with Gasteiger partial charge in [-0.2, -0.15) is 0 Å². The van der Waals surface area contributed by atoms with Crippen molar-refractivity contribution < 1.29 is 14.3 Å². The summed E-state index contributed by atoms with van der Waals surface area (Å²) in [5, 5.41) is 5.94. The second-order valence-electron chi connectivity index (χ2n) is 5.85. The summed E-state index contributed by atoms with van der Waals surface area (Å²) in [7, 11) is 3.35. The number of hydrogen-bond acceptors (Lipinski definition) is 4. The highest BCUT2D eigenvalue weighted by Crippen LogP contribution is 2.07. The molecular formula is C18H28IN5O3. The molecule has 1 fully saturated rings. The van der Waals surface area contributed by atoms with Gasteiger partial charge in [-0.3, -0.25) is 9.79 Å². The van der Waals surface area contributed by atoms with E-state index in [4.69, 9.17) is 4.74 Å². The Kier molecular flexibility index (Phi) is 9.90. The number of nitrogens with zero attached hydrogens (tertiary/aromatic N) is 3. The molecule has 2 rings (SSSR count). The van der Waals surface area contributed by atoms with E-state index in [1.54, 1.807) is 32.0 Å². The van der Waals surface area contributed by atoms with E-state index < -0.39 is 0 Å². The lowest BCUT2D eigenvalue weighted by Gasteiger charge is -2.35. The minimum Gasteiger partial charge on any atom is -0.450 e. The summed E-state index contributed by atoms with van der Waals surface area (Å²) >= 11 is 0. The number of amides is 2. The average Bonchev–Trinajstić information content (AvgIpc) is 2.68. The fourth-order valence-electron chi connectivity index (χ4n) is 2.80. The third kappa shape index (κ3) is 6.56. The molecule has 1 aromatic carbocycles. The Morgan fingerprint density at radius 1 is 1.19 bits per heavy atom. The first-order valence-corrected chi connectivity index (χ1v) is 8.77. The lowest BCUT2D eigenvalue weighted by Crippen LogP contribution is -2.53. The van der Waals surface area contributed by atoms with Gasteiger partial charge in [0.25, 0.3) is 5.91 Å². The second kappa shape index (κ2) is 11.6. The molecular weight excluding hydrogens is 461 g/mol. The average molecular weight is 489 g/mol. The topological polar surface area (TPSA) is 86.3 Å². The Balaban J connectivity index is 0.00000364. The largest absolute Gasteiger partial charge is 0.450 e. The van der Waals surface area contributed by atoms with Gasteiger partial charge in [0.2, 0.25) is 0 Å². The van der Waals surface area contributed by atoms with Crippen LogP contribution in [0.4, 0.5) is 4.79 Å². The van der Waals surface area contributed by atoms with Crippen LogP contribution in [0.1, 0.15) is 22.8 Å². The molecule has 0 unspecified atom stereocenters. The molecule has 8 nitrogen and oxygen atoms in total. The summed E-state index contributed by atoms with van der Waals surface area (Å²) in [5.41, 5.74) is 1.63. The van der Waals surface area contributed by atoms with Crippen LogP contribution in [0.3, 0.4) is 0 Å². The summed E-state index contributed by atoms with van der Waals surface area (Å²) in [6.45, 7) is 5.34. The van der Waals surface area contributed by atoms with Gasteiger partial charge in [0.1, 0.15) is 0 Å². The highest BCUT2D eigenvalue weighted by atomic mass is 127. The van der Waals surface area contributed by atoms with Gasteiger partial charge in [-0.25, -0.2) is 4.79 Å². The van der Waals surface area contributed by atoms with E-state index in [-0.39, 0.29) is 36.0 Å². The molecule has 0 saturated carbocycles. The third-order valence-electron chi connectivity index (χ3n) is 4.18. The van der Waals surface area contributed by atoms with Crippen LogP contribution in [0.15, 0.2) is 29.3 Å². The van der Waals surface area contributed by atoms with E-state index in [2.05, 4.69) is 20.5 Å². The van der Waals surface area contributed by atoms with Crippen LogP contribution in [0.2, 0.25) is 0 Å². The van der Waals surface area contributed by atoms with Crippen molar-refractivity contribution in [3.8, 4) is 0 Å². The van der Waals surface area contributed by atoms with Crippen molar-refractivity contribution in [1.82, 2.24) is 20.4 Å². The van der Waals surface area contributed by atoms with Crippen LogP contribution < -0.4 is 10.6 Å². The molecule has 0 bridgehead atoms. The summed E-state index contributed by atoms with van der Waals surface area (Å²) in [5.74, 6) is 0.671. The van der Waals surface area contributed by atoms with E-state index >= 15 is 0 Å². The monoisotopic (exact) mass is 489 g/mol. The number of piperazine rings is 1. The molecule has 1 heterocycles. The molecule has 2 N–H and O–H groups in total. The number of carbonyl (C=O) groups excluding carboxylic acids is 2. The first-order chi connectivity index (χ1) is 12.6. The number of aliphatic imine (C=N–C) groups is 1. The van der Waals surface area contributed by atoms with Crippen molar-refractivity contribution in [2.24, 2.45) is 4.99 Å². The lowest BCUT2D eigenvalue weighted by molar-refractivity contribution is 0.0913. The molecule has 0 radical (unpaired) electrons. The van der Waals surface area contributed by atoms with Crippen molar-refractivity contribution in [3.63, 3.8) is 0 Å². The molecule has 9 heteroatoms. The molecule has 150 valence electrons. The summed E-state index contributed by atoms with van der Waals surface area (Å²) in [6.07, 6.45) is -0.263. The van der Waals surface area contributed by atoms with E-state index in [1.165, 1.54) is 0 Å². The van der Waals surface area contributed by atoms with Crippen molar-refractivity contribution >= 4 is 41.9 Å². The molecule has 1 aromatic rings. The molecule has 0 atom stereocenters. The number of benzene rings is 1. The first kappa shape index (κ1) is 23.0. The number of ether oxygens (including phenoxy) is 1. The Morgan fingerprint density at radius 2 is 1.85 bits per heavy atom. The zero-order valence-electron chi connectivity index (χ0n) is 16.0. The van der Waals surface area contributed by atoms with Crippen LogP contribution >= 0.6 is 24.0 Å². The Bertz CT molecular complexity index is 660. The van der Waals surface area contributed by atoms with Crippen LogP contribution in [0.25, 0.3) is 0 Å². The standard InChI is InChI=1S/C18H27N5O3.HI/c1-4-26-18(25)23-10-8-22(9-11-23)17(20-3)21-13-14-6-5-7-15(12-14)16(24)19-2;/h5-7,12H,4,8-11,13H2,1-3H3,(H,19,24)(H,20,21);1H. The van der Waals surface area contributed by atoms with E-state index in [9.17, 15) is 9.59 Å². The SMILES string of the molecule is CCOC(=O)N1CCN(C(=NC)NCc2cccc(C(=O)NC)c2)CC1.I. The van der Waals surface area contributed by atoms with Crippen LogP contribution in [0, 0.1) is 0 Å².